The van der Waals surface area contributed by atoms with Gasteiger partial charge in [0.2, 0.25) is 5.91 Å². The van der Waals surface area contributed by atoms with Gasteiger partial charge in [-0.25, -0.2) is 9.78 Å². The lowest BCUT2D eigenvalue weighted by Gasteiger charge is -2.13. The van der Waals surface area contributed by atoms with E-state index in [4.69, 9.17) is 0 Å². The first-order valence-corrected chi connectivity index (χ1v) is 10.4. The fourth-order valence-electron chi connectivity index (χ4n) is 2.97. The molecule has 0 saturated heterocycles. The highest BCUT2D eigenvalue weighted by Crippen LogP contribution is 2.14. The zero-order valence-corrected chi connectivity index (χ0v) is 17.4. The SMILES string of the molecule is O=C(Cn1c(=O)n(Cc2cccs2)c(=O)c2ncccc21)Nc1ccc(Br)cc1. The molecule has 0 radical (unpaired) electrons. The van der Waals surface area contributed by atoms with Crippen LogP contribution in [0.15, 0.2) is 74.2 Å². The molecule has 4 rings (SSSR count). The molecule has 0 aliphatic heterocycles. The molecule has 0 atom stereocenters. The van der Waals surface area contributed by atoms with Crippen molar-refractivity contribution in [1.29, 1.82) is 0 Å². The zero-order chi connectivity index (χ0) is 20.4. The average molecular weight is 471 g/mol. The third kappa shape index (κ3) is 4.06. The second kappa shape index (κ2) is 8.14. The predicted molar refractivity (Wildman–Crippen MR) is 116 cm³/mol. The van der Waals surface area contributed by atoms with Gasteiger partial charge in [-0.1, -0.05) is 22.0 Å². The highest BCUT2D eigenvalue weighted by Gasteiger charge is 2.16. The predicted octanol–water partition coefficient (Wildman–Crippen LogP) is 3.07. The fourth-order valence-corrected chi connectivity index (χ4v) is 3.93. The van der Waals surface area contributed by atoms with E-state index in [0.717, 1.165) is 13.9 Å². The number of halogens is 1. The van der Waals surface area contributed by atoms with Crippen LogP contribution in [0.4, 0.5) is 5.69 Å². The number of fused-ring (bicyclic) bond motifs is 1. The van der Waals surface area contributed by atoms with Gasteiger partial charge in [0.1, 0.15) is 6.54 Å². The number of aromatic nitrogens is 3. The van der Waals surface area contributed by atoms with E-state index in [-0.39, 0.29) is 24.5 Å². The Bertz CT molecular complexity index is 1290. The van der Waals surface area contributed by atoms with Crippen LogP contribution in [0, 0.1) is 0 Å². The highest BCUT2D eigenvalue weighted by molar-refractivity contribution is 9.10. The van der Waals surface area contributed by atoms with Gasteiger partial charge in [0.25, 0.3) is 5.56 Å². The van der Waals surface area contributed by atoms with Crippen molar-refractivity contribution in [2.75, 3.05) is 5.32 Å². The van der Waals surface area contributed by atoms with E-state index in [2.05, 4.69) is 26.2 Å². The van der Waals surface area contributed by atoms with E-state index in [0.29, 0.717) is 11.2 Å². The molecular formula is C20H15BrN4O3S. The number of nitrogens with one attached hydrogen (secondary N) is 1. The molecular weight excluding hydrogens is 456 g/mol. The first-order chi connectivity index (χ1) is 14.0. The van der Waals surface area contributed by atoms with Crippen LogP contribution in [0.5, 0.6) is 0 Å². The van der Waals surface area contributed by atoms with Crippen molar-refractivity contribution >= 4 is 49.9 Å². The number of hydrogen-bond donors (Lipinski definition) is 1. The summed E-state index contributed by atoms with van der Waals surface area (Å²) in [5.41, 5.74) is 0.0787. The smallest absolute Gasteiger partial charge is 0.325 e. The largest absolute Gasteiger partial charge is 0.332 e. The van der Waals surface area contributed by atoms with Gasteiger partial charge >= 0.3 is 5.69 Å². The van der Waals surface area contributed by atoms with Crippen molar-refractivity contribution in [3.8, 4) is 0 Å². The lowest BCUT2D eigenvalue weighted by atomic mass is 10.3. The summed E-state index contributed by atoms with van der Waals surface area (Å²) >= 11 is 4.80. The Labute approximate surface area is 177 Å². The number of amides is 1. The maximum Gasteiger partial charge on any atom is 0.332 e. The number of anilines is 1. The maximum absolute atomic E-state index is 13.1. The fraction of sp³-hybridized carbons (Fsp3) is 0.100. The molecule has 0 spiro atoms. The van der Waals surface area contributed by atoms with E-state index in [9.17, 15) is 14.4 Å². The number of thiophene rings is 1. The molecule has 146 valence electrons. The van der Waals surface area contributed by atoms with Crippen molar-refractivity contribution in [2.24, 2.45) is 0 Å². The summed E-state index contributed by atoms with van der Waals surface area (Å²) in [6.45, 7) is -0.0992. The van der Waals surface area contributed by atoms with Gasteiger partial charge in [0, 0.05) is 21.2 Å². The van der Waals surface area contributed by atoms with Crippen molar-refractivity contribution in [3.63, 3.8) is 0 Å². The second-order valence-corrected chi connectivity index (χ2v) is 8.21. The number of pyridine rings is 1. The van der Waals surface area contributed by atoms with Gasteiger partial charge in [0.15, 0.2) is 5.52 Å². The second-order valence-electron chi connectivity index (χ2n) is 6.27. The van der Waals surface area contributed by atoms with E-state index in [1.54, 1.807) is 24.3 Å². The molecule has 0 saturated carbocycles. The summed E-state index contributed by atoms with van der Waals surface area (Å²) in [4.78, 5) is 43.5. The molecule has 0 aliphatic carbocycles. The van der Waals surface area contributed by atoms with Crippen LogP contribution in [0.3, 0.4) is 0 Å². The zero-order valence-electron chi connectivity index (χ0n) is 15.0. The monoisotopic (exact) mass is 470 g/mol. The molecule has 3 aromatic heterocycles. The van der Waals surface area contributed by atoms with Crippen molar-refractivity contribution < 1.29 is 4.79 Å². The molecule has 0 unspecified atom stereocenters. The van der Waals surface area contributed by atoms with Gasteiger partial charge in [-0.2, -0.15) is 0 Å². The molecule has 1 amide bonds. The standard InChI is InChI=1S/C20H15BrN4O3S/c21-13-5-7-14(8-6-13)23-17(26)12-24-16-4-1-9-22-18(16)19(27)25(20(24)28)11-15-3-2-10-29-15/h1-10H,11-12H2,(H,23,26). The van der Waals surface area contributed by atoms with Crippen LogP contribution in [-0.4, -0.2) is 20.0 Å². The topological polar surface area (TPSA) is 86.0 Å². The number of carbonyl (C=O) groups is 1. The van der Waals surface area contributed by atoms with Crippen LogP contribution in [0.2, 0.25) is 0 Å². The first kappa shape index (κ1) is 19.3. The van der Waals surface area contributed by atoms with Crippen molar-refractivity contribution in [2.45, 2.75) is 13.1 Å². The van der Waals surface area contributed by atoms with E-state index in [1.165, 1.54) is 22.1 Å². The van der Waals surface area contributed by atoms with E-state index in [1.807, 2.05) is 29.6 Å². The molecule has 9 heteroatoms. The molecule has 1 N–H and O–H groups in total. The number of benzene rings is 1. The summed E-state index contributed by atoms with van der Waals surface area (Å²) < 4.78 is 3.30. The van der Waals surface area contributed by atoms with Gasteiger partial charge in [0.05, 0.1) is 12.1 Å². The van der Waals surface area contributed by atoms with Crippen LogP contribution in [0.1, 0.15) is 4.88 Å². The minimum atomic E-state index is -0.546. The molecule has 7 nitrogen and oxygen atoms in total. The average Bonchev–Trinajstić information content (AvgIpc) is 3.23. The molecule has 0 bridgehead atoms. The van der Waals surface area contributed by atoms with Gasteiger partial charge in [-0.3, -0.25) is 18.7 Å². The van der Waals surface area contributed by atoms with Crippen molar-refractivity contribution in [3.05, 3.63) is 90.3 Å². The summed E-state index contributed by atoms with van der Waals surface area (Å²) in [5.74, 6) is -0.374. The molecule has 3 heterocycles. The Balaban J connectivity index is 1.74. The van der Waals surface area contributed by atoms with Crippen LogP contribution in [-0.2, 0) is 17.9 Å². The number of hydrogen-bond acceptors (Lipinski definition) is 5. The van der Waals surface area contributed by atoms with Crippen LogP contribution < -0.4 is 16.6 Å². The van der Waals surface area contributed by atoms with Crippen molar-refractivity contribution in [1.82, 2.24) is 14.1 Å². The number of nitrogens with zero attached hydrogens (tertiary/aromatic N) is 3. The minimum Gasteiger partial charge on any atom is -0.325 e. The number of carbonyl (C=O) groups excluding carboxylic acids is 1. The van der Waals surface area contributed by atoms with Gasteiger partial charge in [-0.05, 0) is 47.8 Å². The van der Waals surface area contributed by atoms with Gasteiger partial charge in [-0.15, -0.1) is 11.3 Å². The maximum atomic E-state index is 13.1. The Morgan fingerprint density at radius 1 is 1.07 bits per heavy atom. The summed E-state index contributed by atoms with van der Waals surface area (Å²) in [6, 6.07) is 14.1. The first-order valence-electron chi connectivity index (χ1n) is 8.69. The minimum absolute atomic E-state index is 0.135. The third-order valence-electron chi connectivity index (χ3n) is 4.31. The highest BCUT2D eigenvalue weighted by atomic mass is 79.9. The van der Waals surface area contributed by atoms with E-state index >= 15 is 0 Å². The lowest BCUT2D eigenvalue weighted by molar-refractivity contribution is -0.116. The molecule has 0 aliphatic rings. The Kier molecular flexibility index (Phi) is 5.41. The molecule has 4 aromatic rings. The Hall–Kier alpha value is -3.04. The molecule has 29 heavy (non-hydrogen) atoms. The third-order valence-corrected chi connectivity index (χ3v) is 5.70. The van der Waals surface area contributed by atoms with Gasteiger partial charge < -0.3 is 5.32 Å². The summed E-state index contributed by atoms with van der Waals surface area (Å²) in [7, 11) is 0. The Morgan fingerprint density at radius 3 is 2.59 bits per heavy atom. The number of rotatable bonds is 5. The van der Waals surface area contributed by atoms with Crippen LogP contribution in [0.25, 0.3) is 11.0 Å². The van der Waals surface area contributed by atoms with Crippen LogP contribution >= 0.6 is 27.3 Å². The summed E-state index contributed by atoms with van der Waals surface area (Å²) in [6.07, 6.45) is 1.50. The molecule has 1 aromatic carbocycles. The lowest BCUT2D eigenvalue weighted by Crippen LogP contribution is -2.42. The normalized spacial score (nSPS) is 10.9. The van der Waals surface area contributed by atoms with E-state index < -0.39 is 11.2 Å². The molecule has 0 fully saturated rings. The Morgan fingerprint density at radius 2 is 1.86 bits per heavy atom. The summed E-state index contributed by atoms with van der Waals surface area (Å²) in [5, 5.41) is 4.64. The quantitative estimate of drug-likeness (QED) is 0.485.